The lowest BCUT2D eigenvalue weighted by Crippen LogP contribution is -2.18. The van der Waals surface area contributed by atoms with E-state index in [0.29, 0.717) is 28.7 Å². The molecule has 2 aromatic carbocycles. The predicted molar refractivity (Wildman–Crippen MR) is 114 cm³/mol. The molecule has 0 radical (unpaired) electrons. The molecule has 0 saturated carbocycles. The van der Waals surface area contributed by atoms with Crippen molar-refractivity contribution in [2.75, 3.05) is 13.7 Å². The molecule has 9 heteroatoms. The predicted octanol–water partition coefficient (Wildman–Crippen LogP) is 6.09. The monoisotopic (exact) mass is 456 g/mol. The van der Waals surface area contributed by atoms with E-state index in [9.17, 15) is 18.0 Å². The van der Waals surface area contributed by atoms with Gasteiger partial charge in [0.15, 0.2) is 11.5 Å². The fourth-order valence-corrected chi connectivity index (χ4v) is 3.00. The Bertz CT molecular complexity index is 917. The highest BCUT2D eigenvalue weighted by molar-refractivity contribution is 6.32. The second kappa shape index (κ2) is 11.6. The molecule has 0 bridgehead atoms. The number of hydrogen-bond donors (Lipinski definition) is 1. The number of ether oxygens (including phenoxy) is 2. The highest BCUT2D eigenvalue weighted by Gasteiger charge is 2.30. The normalized spacial score (nSPS) is 11.5. The molecule has 0 aliphatic rings. The minimum absolute atomic E-state index is 0.158. The topological polar surface area (TPSA) is 59.9 Å². The van der Waals surface area contributed by atoms with Gasteiger partial charge in [-0.3, -0.25) is 4.79 Å². The van der Waals surface area contributed by atoms with Crippen molar-refractivity contribution in [2.24, 2.45) is 5.10 Å². The quantitative estimate of drug-likeness (QED) is 0.267. The first kappa shape index (κ1) is 24.5. The SMILES string of the molecule is CCCCCCOc1c(Cl)cc(/C=N/NC(=O)c2cccc(C(F)(F)F)c2)cc1OC. The molecule has 0 spiro atoms. The summed E-state index contributed by atoms with van der Waals surface area (Å²) in [7, 11) is 1.48. The van der Waals surface area contributed by atoms with Gasteiger partial charge in [0.1, 0.15) is 0 Å². The van der Waals surface area contributed by atoms with Crippen molar-refractivity contribution in [1.82, 2.24) is 5.43 Å². The smallest absolute Gasteiger partial charge is 0.416 e. The number of alkyl halides is 3. The zero-order valence-electron chi connectivity index (χ0n) is 17.3. The zero-order chi connectivity index (χ0) is 22.9. The number of unbranched alkanes of at least 4 members (excludes halogenated alkanes) is 3. The number of amides is 1. The minimum atomic E-state index is -4.54. The Balaban J connectivity index is 2.04. The van der Waals surface area contributed by atoms with Gasteiger partial charge < -0.3 is 9.47 Å². The van der Waals surface area contributed by atoms with Crippen LogP contribution in [0.4, 0.5) is 13.2 Å². The Kier molecular flexibility index (Phi) is 9.18. The first-order valence-corrected chi connectivity index (χ1v) is 10.1. The Hall–Kier alpha value is -2.74. The standard InChI is InChI=1S/C22H24ClF3N2O3/c1-3-4-5-6-10-31-20-18(23)11-15(12-19(20)30-2)14-27-28-21(29)16-8-7-9-17(13-16)22(24,25)26/h7-9,11-14H,3-6,10H2,1-2H3,(H,28,29)/b27-14+. The lowest BCUT2D eigenvalue weighted by molar-refractivity contribution is -0.137. The molecular formula is C22H24ClF3N2O3. The molecule has 0 aromatic heterocycles. The number of carbonyl (C=O) groups excluding carboxylic acids is 1. The summed E-state index contributed by atoms with van der Waals surface area (Å²) in [6.07, 6.45) is 1.00. The van der Waals surface area contributed by atoms with Crippen LogP contribution in [-0.2, 0) is 6.18 Å². The van der Waals surface area contributed by atoms with Crippen molar-refractivity contribution < 1.29 is 27.4 Å². The van der Waals surface area contributed by atoms with Gasteiger partial charge in [-0.2, -0.15) is 18.3 Å². The van der Waals surface area contributed by atoms with Gasteiger partial charge in [-0.25, -0.2) is 5.43 Å². The molecule has 0 atom stereocenters. The van der Waals surface area contributed by atoms with Gasteiger partial charge in [0, 0.05) is 5.56 Å². The molecule has 0 unspecified atom stereocenters. The van der Waals surface area contributed by atoms with E-state index in [1.165, 1.54) is 19.4 Å². The van der Waals surface area contributed by atoms with Crippen LogP contribution < -0.4 is 14.9 Å². The summed E-state index contributed by atoms with van der Waals surface area (Å²) in [5, 5.41) is 4.11. The van der Waals surface area contributed by atoms with E-state index in [1.54, 1.807) is 12.1 Å². The number of carbonyl (C=O) groups is 1. The number of hydrazone groups is 1. The Labute approximate surface area is 184 Å². The maximum Gasteiger partial charge on any atom is 0.416 e. The number of rotatable bonds is 10. The number of nitrogens with one attached hydrogen (secondary N) is 1. The largest absolute Gasteiger partial charge is 0.493 e. The number of methoxy groups -OCH3 is 1. The van der Waals surface area contributed by atoms with E-state index in [2.05, 4.69) is 17.5 Å². The maximum absolute atomic E-state index is 12.8. The zero-order valence-corrected chi connectivity index (χ0v) is 18.0. The van der Waals surface area contributed by atoms with Crippen molar-refractivity contribution in [3.63, 3.8) is 0 Å². The minimum Gasteiger partial charge on any atom is -0.493 e. The van der Waals surface area contributed by atoms with Crippen LogP contribution in [0.15, 0.2) is 41.5 Å². The van der Waals surface area contributed by atoms with E-state index >= 15 is 0 Å². The molecule has 1 amide bonds. The fraction of sp³-hybridized carbons (Fsp3) is 0.364. The molecule has 5 nitrogen and oxygen atoms in total. The van der Waals surface area contributed by atoms with Crippen molar-refractivity contribution in [2.45, 2.75) is 38.8 Å². The lowest BCUT2D eigenvalue weighted by Gasteiger charge is -2.13. The molecule has 0 heterocycles. The van der Waals surface area contributed by atoms with Crippen LogP contribution in [0.2, 0.25) is 5.02 Å². The highest BCUT2D eigenvalue weighted by Crippen LogP contribution is 2.36. The maximum atomic E-state index is 12.8. The summed E-state index contributed by atoms with van der Waals surface area (Å²) in [6.45, 7) is 2.64. The van der Waals surface area contributed by atoms with Gasteiger partial charge in [-0.15, -0.1) is 0 Å². The second-order valence-electron chi connectivity index (χ2n) is 6.72. The van der Waals surface area contributed by atoms with E-state index in [4.69, 9.17) is 21.1 Å². The lowest BCUT2D eigenvalue weighted by atomic mass is 10.1. The summed E-state index contributed by atoms with van der Waals surface area (Å²) in [5.41, 5.74) is 1.65. The van der Waals surface area contributed by atoms with Gasteiger partial charge in [0.25, 0.3) is 5.91 Å². The van der Waals surface area contributed by atoms with Crippen LogP contribution in [0.1, 0.15) is 54.1 Å². The van der Waals surface area contributed by atoms with Crippen LogP contribution in [0.25, 0.3) is 0 Å². The van der Waals surface area contributed by atoms with Crippen LogP contribution in [0, 0.1) is 0 Å². The van der Waals surface area contributed by atoms with E-state index in [-0.39, 0.29) is 5.56 Å². The Morgan fingerprint density at radius 3 is 2.65 bits per heavy atom. The van der Waals surface area contributed by atoms with Gasteiger partial charge in [-0.1, -0.05) is 43.9 Å². The summed E-state index contributed by atoms with van der Waals surface area (Å²) in [6, 6.07) is 7.30. The van der Waals surface area contributed by atoms with Crippen LogP contribution in [0.5, 0.6) is 11.5 Å². The number of benzene rings is 2. The molecular weight excluding hydrogens is 433 g/mol. The van der Waals surface area contributed by atoms with Crippen molar-refractivity contribution >= 4 is 23.7 Å². The number of nitrogens with zero attached hydrogens (tertiary/aromatic N) is 1. The highest BCUT2D eigenvalue weighted by atomic mass is 35.5. The Morgan fingerprint density at radius 1 is 1.19 bits per heavy atom. The van der Waals surface area contributed by atoms with E-state index < -0.39 is 17.6 Å². The summed E-state index contributed by atoms with van der Waals surface area (Å²) in [4.78, 5) is 12.1. The van der Waals surface area contributed by atoms with Crippen LogP contribution >= 0.6 is 11.6 Å². The first-order chi connectivity index (χ1) is 14.8. The Morgan fingerprint density at radius 2 is 1.97 bits per heavy atom. The number of hydrogen-bond acceptors (Lipinski definition) is 4. The van der Waals surface area contributed by atoms with Crippen molar-refractivity contribution in [1.29, 1.82) is 0 Å². The van der Waals surface area contributed by atoms with Crippen LogP contribution in [-0.4, -0.2) is 25.8 Å². The first-order valence-electron chi connectivity index (χ1n) is 9.77. The molecule has 168 valence electrons. The summed E-state index contributed by atoms with van der Waals surface area (Å²) < 4.78 is 49.4. The van der Waals surface area contributed by atoms with Gasteiger partial charge in [0.05, 0.1) is 30.5 Å². The molecule has 2 aromatic rings. The van der Waals surface area contributed by atoms with Gasteiger partial charge >= 0.3 is 6.18 Å². The van der Waals surface area contributed by atoms with Gasteiger partial charge in [-0.05, 0) is 42.3 Å². The van der Waals surface area contributed by atoms with Crippen molar-refractivity contribution in [3.05, 3.63) is 58.1 Å². The van der Waals surface area contributed by atoms with Gasteiger partial charge in [0.2, 0.25) is 0 Å². The fourth-order valence-electron chi connectivity index (χ4n) is 2.72. The average Bonchev–Trinajstić information content (AvgIpc) is 2.74. The third-order valence-electron chi connectivity index (χ3n) is 4.33. The summed E-state index contributed by atoms with van der Waals surface area (Å²) >= 11 is 6.29. The molecule has 2 rings (SSSR count). The second-order valence-corrected chi connectivity index (χ2v) is 7.13. The van der Waals surface area contributed by atoms with E-state index in [1.807, 2.05) is 0 Å². The molecule has 0 fully saturated rings. The third-order valence-corrected chi connectivity index (χ3v) is 4.61. The van der Waals surface area contributed by atoms with Crippen LogP contribution in [0.3, 0.4) is 0 Å². The average molecular weight is 457 g/mol. The molecule has 0 saturated heterocycles. The molecule has 1 N–H and O–H groups in total. The van der Waals surface area contributed by atoms with Crippen molar-refractivity contribution in [3.8, 4) is 11.5 Å². The molecule has 31 heavy (non-hydrogen) atoms. The summed E-state index contributed by atoms with van der Waals surface area (Å²) in [5.74, 6) is 0.0620. The van der Waals surface area contributed by atoms with E-state index in [0.717, 1.165) is 43.9 Å². The molecule has 0 aliphatic heterocycles. The number of halogens is 4. The molecule has 0 aliphatic carbocycles. The third kappa shape index (κ3) is 7.47.